The van der Waals surface area contributed by atoms with Crippen molar-refractivity contribution in [2.24, 2.45) is 11.7 Å². The van der Waals surface area contributed by atoms with Gasteiger partial charge in [-0.25, -0.2) is 0 Å². The third-order valence-electron chi connectivity index (χ3n) is 1.55. The first-order chi connectivity index (χ1) is 4.72. The Morgan fingerprint density at radius 1 is 1.70 bits per heavy atom. The van der Waals surface area contributed by atoms with Crippen LogP contribution in [0.2, 0.25) is 0 Å². The van der Waals surface area contributed by atoms with Gasteiger partial charge in [0, 0.05) is 6.54 Å². The quantitative estimate of drug-likeness (QED) is 0.600. The number of unbranched alkanes of at least 4 members (excludes halogenated alkanes) is 1. The Labute approximate surface area is 61.8 Å². The topological polar surface area (TPSA) is 66.9 Å². The molecule has 0 saturated carbocycles. The maximum Gasteiger partial charge on any atom is 0.221 e. The Bertz CT molecular complexity index is 104. The molecule has 3 N–H and O–H groups in total. The normalized spacial score (nSPS) is 13.0. The van der Waals surface area contributed by atoms with E-state index in [-0.39, 0.29) is 18.4 Å². The molecule has 0 bridgehead atoms. The highest BCUT2D eigenvalue weighted by atomic mass is 16.1. The molecular weight excluding hydrogens is 128 g/mol. The molecule has 3 heteroatoms. The molecule has 1 radical (unpaired) electrons. The smallest absolute Gasteiger partial charge is 0.221 e. The molecule has 0 rings (SSSR count). The largest absolute Gasteiger partial charge is 0.369 e. The number of carbonyl (C=O) groups is 1. The molecule has 0 spiro atoms. The van der Waals surface area contributed by atoms with E-state index in [2.05, 4.69) is 6.92 Å². The maximum absolute atomic E-state index is 10.5. The second-order valence-electron chi connectivity index (χ2n) is 2.45. The summed E-state index contributed by atoms with van der Waals surface area (Å²) in [6, 6.07) is 0. The maximum atomic E-state index is 10.5. The van der Waals surface area contributed by atoms with Crippen molar-refractivity contribution >= 4 is 5.91 Å². The second kappa shape index (κ2) is 5.23. The second-order valence-corrected chi connectivity index (χ2v) is 2.45. The summed E-state index contributed by atoms with van der Waals surface area (Å²) in [6.45, 7) is 2.19. The minimum Gasteiger partial charge on any atom is -0.369 e. The highest BCUT2D eigenvalue weighted by Crippen LogP contribution is 2.05. The minimum atomic E-state index is -0.330. The van der Waals surface area contributed by atoms with E-state index in [1.165, 1.54) is 0 Å². The molecule has 59 valence electrons. The van der Waals surface area contributed by atoms with Gasteiger partial charge in [-0.15, -0.1) is 0 Å². The predicted octanol–water partition coefficient (Wildman–Crippen LogP) is 0.561. The molecule has 0 aromatic rings. The fourth-order valence-electron chi connectivity index (χ4n) is 0.795. The van der Waals surface area contributed by atoms with Crippen molar-refractivity contribution in [2.45, 2.75) is 26.2 Å². The number of rotatable bonds is 5. The van der Waals surface area contributed by atoms with Crippen LogP contribution in [-0.4, -0.2) is 12.5 Å². The molecule has 1 unspecified atom stereocenters. The lowest BCUT2D eigenvalue weighted by atomic mass is 10.0. The first-order valence-electron chi connectivity index (χ1n) is 3.66. The zero-order valence-corrected chi connectivity index (χ0v) is 6.39. The molecule has 0 aromatic carbocycles. The molecular formula is C7H15N2O. The lowest BCUT2D eigenvalue weighted by molar-refractivity contribution is -0.121. The summed E-state index contributed by atoms with van der Waals surface area (Å²) < 4.78 is 0. The van der Waals surface area contributed by atoms with E-state index in [0.29, 0.717) is 0 Å². The van der Waals surface area contributed by atoms with Gasteiger partial charge in [0.05, 0.1) is 5.92 Å². The van der Waals surface area contributed by atoms with Crippen LogP contribution in [0.4, 0.5) is 0 Å². The molecule has 1 atom stereocenters. The average molecular weight is 143 g/mol. The van der Waals surface area contributed by atoms with Gasteiger partial charge in [0.25, 0.3) is 0 Å². The first-order valence-corrected chi connectivity index (χ1v) is 3.66. The van der Waals surface area contributed by atoms with Crippen LogP contribution < -0.4 is 11.5 Å². The van der Waals surface area contributed by atoms with Crippen molar-refractivity contribution < 1.29 is 4.79 Å². The van der Waals surface area contributed by atoms with Crippen molar-refractivity contribution in [3.05, 3.63) is 0 Å². The van der Waals surface area contributed by atoms with Gasteiger partial charge in [-0.3, -0.25) is 10.5 Å². The highest BCUT2D eigenvalue weighted by molar-refractivity contribution is 5.76. The van der Waals surface area contributed by atoms with E-state index in [4.69, 9.17) is 11.5 Å². The predicted molar refractivity (Wildman–Crippen MR) is 40.2 cm³/mol. The molecule has 10 heavy (non-hydrogen) atoms. The van der Waals surface area contributed by atoms with Gasteiger partial charge in [-0.2, -0.15) is 0 Å². The van der Waals surface area contributed by atoms with E-state index in [1.54, 1.807) is 0 Å². The molecule has 0 aliphatic heterocycles. The summed E-state index contributed by atoms with van der Waals surface area (Å²) in [6.07, 6.45) is 2.82. The third kappa shape index (κ3) is 3.45. The summed E-state index contributed by atoms with van der Waals surface area (Å²) in [4.78, 5) is 10.5. The van der Waals surface area contributed by atoms with Gasteiger partial charge in [0.2, 0.25) is 5.91 Å². The van der Waals surface area contributed by atoms with E-state index in [0.717, 1.165) is 19.3 Å². The summed E-state index contributed by atoms with van der Waals surface area (Å²) in [5, 5.41) is 0. The fraction of sp³-hybridized carbons (Fsp3) is 0.857. The number of hydrogen-bond acceptors (Lipinski definition) is 1. The number of amides is 1. The highest BCUT2D eigenvalue weighted by Gasteiger charge is 2.11. The minimum absolute atomic E-state index is 0.134. The number of carbonyl (C=O) groups excluding carboxylic acids is 1. The van der Waals surface area contributed by atoms with Crippen LogP contribution in [-0.2, 0) is 4.79 Å². The Morgan fingerprint density at radius 3 is 2.60 bits per heavy atom. The SMILES string of the molecule is CCCCC(C[NH])C(N)=O. The van der Waals surface area contributed by atoms with E-state index < -0.39 is 0 Å². The van der Waals surface area contributed by atoms with Gasteiger partial charge < -0.3 is 5.73 Å². The van der Waals surface area contributed by atoms with Crippen LogP contribution >= 0.6 is 0 Å². The summed E-state index contributed by atoms with van der Waals surface area (Å²) in [5.41, 5.74) is 12.0. The zero-order valence-electron chi connectivity index (χ0n) is 6.39. The molecule has 0 aliphatic rings. The van der Waals surface area contributed by atoms with Crippen LogP contribution in [0.25, 0.3) is 0 Å². The number of primary amides is 1. The summed E-state index contributed by atoms with van der Waals surface area (Å²) >= 11 is 0. The Morgan fingerprint density at radius 2 is 2.30 bits per heavy atom. The Kier molecular flexibility index (Phi) is 4.94. The molecule has 0 heterocycles. The van der Waals surface area contributed by atoms with Crippen LogP contribution in [0.5, 0.6) is 0 Å². The van der Waals surface area contributed by atoms with Crippen LogP contribution in [0.15, 0.2) is 0 Å². The van der Waals surface area contributed by atoms with Crippen molar-refractivity contribution in [1.29, 1.82) is 0 Å². The Hall–Kier alpha value is -0.570. The fourth-order valence-corrected chi connectivity index (χ4v) is 0.795. The average Bonchev–Trinajstić information content (AvgIpc) is 1.89. The number of hydrogen-bond donors (Lipinski definition) is 1. The lowest BCUT2D eigenvalue weighted by Crippen LogP contribution is -2.26. The van der Waals surface area contributed by atoms with Crippen molar-refractivity contribution in [1.82, 2.24) is 5.73 Å². The lowest BCUT2D eigenvalue weighted by Gasteiger charge is -2.07. The van der Waals surface area contributed by atoms with Crippen molar-refractivity contribution in [3.8, 4) is 0 Å². The van der Waals surface area contributed by atoms with Crippen LogP contribution in [0.3, 0.4) is 0 Å². The molecule has 0 saturated heterocycles. The zero-order chi connectivity index (χ0) is 7.98. The van der Waals surface area contributed by atoms with Gasteiger partial charge >= 0.3 is 0 Å². The van der Waals surface area contributed by atoms with Gasteiger partial charge in [-0.05, 0) is 6.42 Å². The van der Waals surface area contributed by atoms with E-state index in [9.17, 15) is 4.79 Å². The van der Waals surface area contributed by atoms with Gasteiger partial charge in [0.1, 0.15) is 0 Å². The van der Waals surface area contributed by atoms with E-state index >= 15 is 0 Å². The van der Waals surface area contributed by atoms with Crippen molar-refractivity contribution in [2.75, 3.05) is 6.54 Å². The molecule has 1 amide bonds. The molecule has 3 nitrogen and oxygen atoms in total. The summed E-state index contributed by atoms with van der Waals surface area (Å²) in [5.74, 6) is -0.552. The van der Waals surface area contributed by atoms with Crippen LogP contribution in [0, 0.1) is 5.92 Å². The molecule has 0 fully saturated rings. The van der Waals surface area contributed by atoms with E-state index in [1.807, 2.05) is 0 Å². The molecule has 0 aromatic heterocycles. The first kappa shape index (κ1) is 9.43. The summed E-state index contributed by atoms with van der Waals surface area (Å²) in [7, 11) is 0. The molecule has 0 aliphatic carbocycles. The number of nitrogens with two attached hydrogens (primary N) is 1. The Balaban J connectivity index is 3.50. The monoisotopic (exact) mass is 143 g/mol. The van der Waals surface area contributed by atoms with Gasteiger partial charge in [0.15, 0.2) is 0 Å². The van der Waals surface area contributed by atoms with Crippen LogP contribution in [0.1, 0.15) is 26.2 Å². The third-order valence-corrected chi connectivity index (χ3v) is 1.55. The standard InChI is InChI=1S/C7H15N2O/c1-2-3-4-6(5-8)7(9)10/h6,8H,2-5H2,1H3,(H2,9,10). The number of nitrogens with one attached hydrogen (secondary N) is 1. The van der Waals surface area contributed by atoms with Gasteiger partial charge in [-0.1, -0.05) is 19.8 Å². The van der Waals surface area contributed by atoms with Crippen molar-refractivity contribution in [3.63, 3.8) is 0 Å².